The second kappa shape index (κ2) is 9.06. The summed E-state index contributed by atoms with van der Waals surface area (Å²) in [6.07, 6.45) is 0.418. The van der Waals surface area contributed by atoms with E-state index >= 15 is 0 Å². The minimum absolute atomic E-state index is 0.131. The van der Waals surface area contributed by atoms with Crippen LogP contribution in [0.4, 0.5) is 0 Å². The van der Waals surface area contributed by atoms with Gasteiger partial charge in [-0.05, 0) is 75.1 Å². The Morgan fingerprint density at radius 1 is 1.13 bits per heavy atom. The van der Waals surface area contributed by atoms with Crippen molar-refractivity contribution in [1.82, 2.24) is 9.62 Å². The topological polar surface area (TPSA) is 95.9 Å². The first-order valence-corrected chi connectivity index (χ1v) is 11.5. The van der Waals surface area contributed by atoms with Gasteiger partial charge >= 0.3 is 0 Å². The first-order chi connectivity index (χ1) is 14.2. The van der Waals surface area contributed by atoms with Crippen LogP contribution in [-0.2, 0) is 14.8 Å². The molecule has 3 rings (SSSR count). The number of ether oxygens (including phenoxy) is 1. The van der Waals surface area contributed by atoms with Gasteiger partial charge in [-0.1, -0.05) is 12.1 Å². The maximum Gasteiger partial charge on any atom is 0.263 e. The monoisotopic (exact) mass is 432 g/mol. The Morgan fingerprint density at radius 3 is 2.40 bits per heavy atom. The molecule has 1 aliphatic rings. The van der Waals surface area contributed by atoms with Crippen LogP contribution in [0.15, 0.2) is 47.4 Å². The molecule has 162 valence electrons. The third-order valence-electron chi connectivity index (χ3n) is 5.26. The summed E-state index contributed by atoms with van der Waals surface area (Å²) in [5.41, 5.74) is 1.60. The molecular weight excluding hydrogens is 404 g/mol. The maximum absolute atomic E-state index is 12.8. The summed E-state index contributed by atoms with van der Waals surface area (Å²) < 4.78 is 34.0. The van der Waals surface area contributed by atoms with Crippen LogP contribution in [-0.4, -0.2) is 49.6 Å². The van der Waals surface area contributed by atoms with E-state index < -0.39 is 16.1 Å². The number of hydrogen-bond donors (Lipinski definition) is 2. The lowest BCUT2D eigenvalue weighted by molar-refractivity contribution is -0.139. The van der Waals surface area contributed by atoms with Crippen molar-refractivity contribution < 1.29 is 23.1 Å². The molecule has 30 heavy (non-hydrogen) atoms. The van der Waals surface area contributed by atoms with Crippen molar-refractivity contribution >= 4 is 15.9 Å². The van der Waals surface area contributed by atoms with E-state index in [0.717, 1.165) is 5.56 Å². The smallest absolute Gasteiger partial charge is 0.263 e. The van der Waals surface area contributed by atoms with Gasteiger partial charge in [0, 0.05) is 19.1 Å². The molecule has 2 N–H and O–H groups in total. The second-order valence-corrected chi connectivity index (χ2v) is 9.43. The Morgan fingerprint density at radius 2 is 1.77 bits per heavy atom. The van der Waals surface area contributed by atoms with Gasteiger partial charge in [-0.2, -0.15) is 0 Å². The quantitative estimate of drug-likeness (QED) is 0.732. The molecule has 0 radical (unpaired) electrons. The highest BCUT2D eigenvalue weighted by atomic mass is 32.2. The lowest BCUT2D eigenvalue weighted by atomic mass is 10.1. The maximum atomic E-state index is 12.8. The molecule has 0 bridgehead atoms. The van der Waals surface area contributed by atoms with Crippen LogP contribution < -0.4 is 9.46 Å². The van der Waals surface area contributed by atoms with Crippen molar-refractivity contribution in [2.24, 2.45) is 0 Å². The van der Waals surface area contributed by atoms with Gasteiger partial charge < -0.3 is 14.7 Å². The predicted molar refractivity (Wildman–Crippen MR) is 114 cm³/mol. The molecule has 7 nitrogen and oxygen atoms in total. The number of benzene rings is 2. The molecule has 0 spiro atoms. The molecule has 1 atom stereocenters. The minimum Gasteiger partial charge on any atom is -0.508 e. The average Bonchev–Trinajstić information content (AvgIpc) is 2.71. The predicted octanol–water partition coefficient (Wildman–Crippen LogP) is 2.75. The molecule has 1 heterocycles. The third-order valence-corrected chi connectivity index (χ3v) is 6.92. The van der Waals surface area contributed by atoms with Gasteiger partial charge in [0.05, 0.1) is 4.90 Å². The zero-order valence-electron chi connectivity index (χ0n) is 17.5. The van der Waals surface area contributed by atoms with E-state index in [0.29, 0.717) is 42.1 Å². The van der Waals surface area contributed by atoms with E-state index in [1.165, 1.54) is 12.1 Å². The molecule has 1 unspecified atom stereocenters. The lowest BCUT2D eigenvalue weighted by Gasteiger charge is -2.33. The Hall–Kier alpha value is -2.58. The molecule has 1 fully saturated rings. The minimum atomic E-state index is -3.61. The molecule has 1 saturated heterocycles. The summed E-state index contributed by atoms with van der Waals surface area (Å²) in [6, 6.07) is 11.4. The Labute approximate surface area is 177 Å². The van der Waals surface area contributed by atoms with Crippen LogP contribution in [0.5, 0.6) is 11.5 Å². The number of piperidine rings is 1. The number of phenols is 1. The fourth-order valence-corrected chi connectivity index (χ4v) is 5.17. The Bertz CT molecular complexity index is 997. The Kier molecular flexibility index (Phi) is 6.67. The largest absolute Gasteiger partial charge is 0.508 e. The highest BCUT2D eigenvalue weighted by molar-refractivity contribution is 7.89. The van der Waals surface area contributed by atoms with Crippen LogP contribution in [0.2, 0.25) is 0 Å². The molecule has 0 aromatic heterocycles. The van der Waals surface area contributed by atoms with Crippen LogP contribution >= 0.6 is 0 Å². The molecule has 1 aliphatic heterocycles. The normalized spacial score (nSPS) is 16.3. The van der Waals surface area contributed by atoms with Crippen molar-refractivity contribution in [3.63, 3.8) is 0 Å². The van der Waals surface area contributed by atoms with Gasteiger partial charge in [0.2, 0.25) is 10.0 Å². The van der Waals surface area contributed by atoms with Gasteiger partial charge in [-0.3, -0.25) is 4.79 Å². The van der Waals surface area contributed by atoms with Crippen LogP contribution in [0.25, 0.3) is 0 Å². The number of carbonyl (C=O) groups excluding carboxylic acids is 1. The number of sulfonamides is 1. The molecule has 0 aliphatic carbocycles. The number of hydrogen-bond acceptors (Lipinski definition) is 5. The van der Waals surface area contributed by atoms with Crippen molar-refractivity contribution in [2.45, 2.75) is 50.7 Å². The number of nitrogens with zero attached hydrogens (tertiary/aromatic N) is 1. The van der Waals surface area contributed by atoms with E-state index in [1.54, 1.807) is 43.0 Å². The van der Waals surface area contributed by atoms with E-state index in [1.807, 2.05) is 13.0 Å². The number of aryl methyl sites for hydroxylation is 2. The molecule has 2 aromatic carbocycles. The first-order valence-electron chi connectivity index (χ1n) is 10.00. The van der Waals surface area contributed by atoms with Gasteiger partial charge in [0.15, 0.2) is 6.10 Å². The van der Waals surface area contributed by atoms with E-state index in [2.05, 4.69) is 4.72 Å². The number of phenolic OH excluding ortho intramolecular Hbond substituents is 1. The standard InChI is InChI=1S/C22H28N2O5S/c1-15-4-5-16(2)21(14-15)30(27,28)23-18-10-12-24(13-11-18)22(26)17(3)29-20-8-6-19(25)7-9-20/h4-9,14,17-18,23,25H,10-13H2,1-3H3. The van der Waals surface area contributed by atoms with Gasteiger partial charge in [0.1, 0.15) is 11.5 Å². The van der Waals surface area contributed by atoms with Crippen LogP contribution in [0.1, 0.15) is 30.9 Å². The van der Waals surface area contributed by atoms with Crippen molar-refractivity contribution in [1.29, 1.82) is 0 Å². The van der Waals surface area contributed by atoms with Crippen LogP contribution in [0.3, 0.4) is 0 Å². The van der Waals surface area contributed by atoms with E-state index in [4.69, 9.17) is 4.74 Å². The molecule has 8 heteroatoms. The van der Waals surface area contributed by atoms with Gasteiger partial charge in [-0.25, -0.2) is 13.1 Å². The molecule has 1 amide bonds. The Balaban J connectivity index is 1.55. The summed E-state index contributed by atoms with van der Waals surface area (Å²) in [7, 11) is -3.61. The lowest BCUT2D eigenvalue weighted by Crippen LogP contribution is -2.49. The molecular formula is C22H28N2O5S. The summed E-state index contributed by atoms with van der Waals surface area (Å²) in [4.78, 5) is 14.7. The van der Waals surface area contributed by atoms with Crippen molar-refractivity contribution in [3.05, 3.63) is 53.6 Å². The summed E-state index contributed by atoms with van der Waals surface area (Å²) in [5, 5.41) is 9.33. The highest BCUT2D eigenvalue weighted by Crippen LogP contribution is 2.21. The second-order valence-electron chi connectivity index (χ2n) is 7.74. The van der Waals surface area contributed by atoms with Crippen LogP contribution in [0, 0.1) is 13.8 Å². The number of amides is 1. The zero-order chi connectivity index (χ0) is 21.9. The SMILES string of the molecule is Cc1ccc(C)c(S(=O)(=O)NC2CCN(C(=O)C(C)Oc3ccc(O)cc3)CC2)c1. The molecule has 2 aromatic rings. The zero-order valence-corrected chi connectivity index (χ0v) is 18.3. The number of carbonyl (C=O) groups is 1. The average molecular weight is 433 g/mol. The summed E-state index contributed by atoms with van der Waals surface area (Å²) in [5.74, 6) is 0.496. The van der Waals surface area contributed by atoms with Gasteiger partial charge in [0.25, 0.3) is 5.91 Å². The highest BCUT2D eigenvalue weighted by Gasteiger charge is 2.29. The van der Waals surface area contributed by atoms with E-state index in [-0.39, 0.29) is 17.7 Å². The fourth-order valence-electron chi connectivity index (χ4n) is 3.53. The number of aromatic hydroxyl groups is 1. The summed E-state index contributed by atoms with van der Waals surface area (Å²) >= 11 is 0. The number of likely N-dealkylation sites (tertiary alicyclic amines) is 1. The molecule has 0 saturated carbocycles. The number of nitrogens with one attached hydrogen (secondary N) is 1. The number of rotatable bonds is 6. The van der Waals surface area contributed by atoms with Crippen molar-refractivity contribution in [2.75, 3.05) is 13.1 Å². The third kappa shape index (κ3) is 5.31. The van der Waals surface area contributed by atoms with Crippen molar-refractivity contribution in [3.8, 4) is 11.5 Å². The fraction of sp³-hybridized carbons (Fsp3) is 0.409. The summed E-state index contributed by atoms with van der Waals surface area (Å²) in [6.45, 7) is 6.25. The van der Waals surface area contributed by atoms with Gasteiger partial charge in [-0.15, -0.1) is 0 Å². The van der Waals surface area contributed by atoms with E-state index in [9.17, 15) is 18.3 Å². The first kappa shape index (κ1) is 22.1.